The minimum absolute atomic E-state index is 0.106. The Hall–Kier alpha value is -0.260. The van der Waals surface area contributed by atoms with E-state index in [1.165, 1.54) is 12.1 Å². The Balaban J connectivity index is 3.13. The third-order valence-electron chi connectivity index (χ3n) is 2.26. The summed E-state index contributed by atoms with van der Waals surface area (Å²) in [5, 5.41) is 0. The van der Waals surface area contributed by atoms with Gasteiger partial charge in [0.1, 0.15) is 11.6 Å². The van der Waals surface area contributed by atoms with Gasteiger partial charge in [-0.25, -0.2) is 4.39 Å². The lowest BCUT2D eigenvalue weighted by Gasteiger charge is -2.23. The number of hydrogen-bond donors (Lipinski definition) is 1. The first-order valence-corrected chi connectivity index (χ1v) is 7.95. The van der Waals surface area contributed by atoms with Gasteiger partial charge in [0, 0.05) is 5.56 Å². The van der Waals surface area contributed by atoms with Gasteiger partial charge in [0.05, 0.1) is 17.7 Å². The van der Waals surface area contributed by atoms with Crippen LogP contribution in [0.15, 0.2) is 22.7 Å². The van der Waals surface area contributed by atoms with Crippen LogP contribution in [0.25, 0.3) is 0 Å². The van der Waals surface area contributed by atoms with Crippen LogP contribution in [0.5, 0.6) is 0 Å². The van der Waals surface area contributed by atoms with Crippen LogP contribution in [0.4, 0.5) is 4.39 Å². The summed E-state index contributed by atoms with van der Waals surface area (Å²) in [5.41, 5.74) is 5.95. The van der Waals surface area contributed by atoms with Crippen molar-refractivity contribution in [1.82, 2.24) is 0 Å². The SMILES string of the molecule is CCOP(=O)(OCC)[C@H](N)c1cccc(Br)c1F. The van der Waals surface area contributed by atoms with Crippen molar-refractivity contribution in [3.05, 3.63) is 34.1 Å². The molecule has 0 heterocycles. The molecule has 0 saturated carbocycles. The van der Waals surface area contributed by atoms with E-state index in [-0.39, 0.29) is 23.2 Å². The zero-order chi connectivity index (χ0) is 13.8. The molecule has 0 aromatic heterocycles. The van der Waals surface area contributed by atoms with E-state index < -0.39 is 19.2 Å². The first-order valence-electron chi connectivity index (χ1n) is 5.54. The molecule has 1 rings (SSSR count). The molecule has 0 spiro atoms. The minimum atomic E-state index is -3.56. The van der Waals surface area contributed by atoms with Gasteiger partial charge in [0.25, 0.3) is 0 Å². The van der Waals surface area contributed by atoms with Crippen LogP contribution in [0.1, 0.15) is 25.2 Å². The Morgan fingerprint density at radius 2 is 1.94 bits per heavy atom. The Kier molecular flexibility index (Phi) is 5.95. The Bertz CT molecular complexity index is 448. The van der Waals surface area contributed by atoms with Crippen LogP contribution in [-0.2, 0) is 13.6 Å². The van der Waals surface area contributed by atoms with Crippen molar-refractivity contribution in [2.75, 3.05) is 13.2 Å². The molecule has 0 unspecified atom stereocenters. The molecule has 1 aromatic rings. The van der Waals surface area contributed by atoms with E-state index in [9.17, 15) is 8.96 Å². The lowest BCUT2D eigenvalue weighted by molar-refractivity contribution is 0.212. The highest BCUT2D eigenvalue weighted by Crippen LogP contribution is 2.58. The molecule has 18 heavy (non-hydrogen) atoms. The fraction of sp³-hybridized carbons (Fsp3) is 0.455. The molecular weight excluding hydrogens is 324 g/mol. The molecule has 0 fully saturated rings. The van der Waals surface area contributed by atoms with Gasteiger partial charge in [-0.1, -0.05) is 12.1 Å². The van der Waals surface area contributed by atoms with E-state index in [0.717, 1.165) is 0 Å². The highest BCUT2D eigenvalue weighted by Gasteiger charge is 2.35. The summed E-state index contributed by atoms with van der Waals surface area (Å²) in [5.74, 6) is -1.69. The molecule has 0 amide bonds. The highest BCUT2D eigenvalue weighted by atomic mass is 79.9. The molecular formula is C11H16BrFNO3P. The lowest BCUT2D eigenvalue weighted by atomic mass is 10.2. The van der Waals surface area contributed by atoms with Gasteiger partial charge in [-0.2, -0.15) is 0 Å². The van der Waals surface area contributed by atoms with Crippen molar-refractivity contribution in [2.45, 2.75) is 19.6 Å². The average Bonchev–Trinajstić information content (AvgIpc) is 2.32. The van der Waals surface area contributed by atoms with Crippen LogP contribution in [0.2, 0.25) is 0 Å². The molecule has 0 aliphatic carbocycles. The monoisotopic (exact) mass is 339 g/mol. The van der Waals surface area contributed by atoms with Crippen LogP contribution in [-0.4, -0.2) is 13.2 Å². The summed E-state index contributed by atoms with van der Waals surface area (Å²) in [4.78, 5) is 0. The van der Waals surface area contributed by atoms with E-state index in [1.807, 2.05) is 0 Å². The molecule has 102 valence electrons. The zero-order valence-corrected chi connectivity index (χ0v) is 12.7. The molecule has 0 aliphatic heterocycles. The molecule has 4 nitrogen and oxygen atoms in total. The van der Waals surface area contributed by atoms with Crippen molar-refractivity contribution in [3.8, 4) is 0 Å². The van der Waals surface area contributed by atoms with Crippen molar-refractivity contribution in [3.63, 3.8) is 0 Å². The van der Waals surface area contributed by atoms with E-state index in [4.69, 9.17) is 14.8 Å². The van der Waals surface area contributed by atoms with E-state index >= 15 is 0 Å². The second-order valence-electron chi connectivity index (χ2n) is 3.46. The minimum Gasteiger partial charge on any atom is -0.314 e. The first kappa shape index (κ1) is 15.8. The van der Waals surface area contributed by atoms with Crippen molar-refractivity contribution < 1.29 is 18.0 Å². The fourth-order valence-corrected chi connectivity index (χ4v) is 3.51. The summed E-state index contributed by atoms with van der Waals surface area (Å²) in [6.07, 6.45) is 0. The van der Waals surface area contributed by atoms with Crippen molar-refractivity contribution in [2.24, 2.45) is 5.73 Å². The quantitative estimate of drug-likeness (QED) is 0.800. The molecule has 0 saturated heterocycles. The maximum Gasteiger partial charge on any atom is 0.351 e. The zero-order valence-electron chi connectivity index (χ0n) is 10.2. The second-order valence-corrected chi connectivity index (χ2v) is 6.47. The predicted octanol–water partition coefficient (Wildman–Crippen LogP) is 3.81. The maximum atomic E-state index is 13.9. The van der Waals surface area contributed by atoms with Gasteiger partial charge < -0.3 is 14.8 Å². The fourth-order valence-electron chi connectivity index (χ4n) is 1.48. The summed E-state index contributed by atoms with van der Waals surface area (Å²) in [6, 6.07) is 4.62. The van der Waals surface area contributed by atoms with Crippen LogP contribution in [0.3, 0.4) is 0 Å². The van der Waals surface area contributed by atoms with Crippen molar-refractivity contribution >= 4 is 23.5 Å². The molecule has 0 radical (unpaired) electrons. The number of benzene rings is 1. The van der Waals surface area contributed by atoms with Crippen LogP contribution < -0.4 is 5.73 Å². The van der Waals surface area contributed by atoms with Gasteiger partial charge in [0.2, 0.25) is 0 Å². The second kappa shape index (κ2) is 6.78. The lowest BCUT2D eigenvalue weighted by Crippen LogP contribution is -2.16. The topological polar surface area (TPSA) is 61.5 Å². The summed E-state index contributed by atoms with van der Waals surface area (Å²) >= 11 is 3.06. The molecule has 7 heteroatoms. The van der Waals surface area contributed by atoms with Crippen LogP contribution >= 0.6 is 23.5 Å². The number of halogens is 2. The third kappa shape index (κ3) is 3.39. The van der Waals surface area contributed by atoms with Crippen molar-refractivity contribution in [1.29, 1.82) is 0 Å². The normalized spacial score (nSPS) is 13.6. The Labute approximate surface area is 114 Å². The first-order chi connectivity index (χ1) is 8.46. The third-order valence-corrected chi connectivity index (χ3v) is 5.07. The predicted molar refractivity (Wildman–Crippen MR) is 71.9 cm³/mol. The van der Waals surface area contributed by atoms with Gasteiger partial charge in [-0.3, -0.25) is 4.57 Å². The van der Waals surface area contributed by atoms with Gasteiger partial charge in [0.15, 0.2) is 0 Å². The van der Waals surface area contributed by atoms with Gasteiger partial charge >= 0.3 is 7.60 Å². The standard InChI is InChI=1S/C11H16BrFNO3P/c1-3-16-18(15,17-4-2)11(14)8-6-5-7-9(12)10(8)13/h5-7,11H,3-4,14H2,1-2H3/t11-/m0/s1. The molecule has 1 aromatic carbocycles. The number of nitrogens with two attached hydrogens (primary N) is 1. The average molecular weight is 340 g/mol. The Morgan fingerprint density at radius 1 is 1.39 bits per heavy atom. The number of rotatable bonds is 6. The van der Waals surface area contributed by atoms with E-state index in [2.05, 4.69) is 15.9 Å². The molecule has 1 atom stereocenters. The maximum absolute atomic E-state index is 13.9. The Morgan fingerprint density at radius 3 is 2.44 bits per heavy atom. The largest absolute Gasteiger partial charge is 0.351 e. The summed E-state index contributed by atoms with van der Waals surface area (Å²) < 4.78 is 36.8. The molecule has 0 aliphatic rings. The van der Waals surface area contributed by atoms with E-state index in [0.29, 0.717) is 0 Å². The van der Waals surface area contributed by atoms with Gasteiger partial charge in [-0.05, 0) is 35.8 Å². The summed E-state index contributed by atoms with van der Waals surface area (Å²) in [7, 11) is -3.56. The van der Waals surface area contributed by atoms with E-state index in [1.54, 1.807) is 19.9 Å². The molecule has 2 N–H and O–H groups in total. The van der Waals surface area contributed by atoms with Crippen LogP contribution in [0, 0.1) is 5.82 Å². The summed E-state index contributed by atoms with van der Waals surface area (Å²) in [6.45, 7) is 3.71. The molecule has 0 bridgehead atoms. The smallest absolute Gasteiger partial charge is 0.314 e. The van der Waals surface area contributed by atoms with Gasteiger partial charge in [-0.15, -0.1) is 0 Å². The number of hydrogen-bond acceptors (Lipinski definition) is 4. The highest BCUT2D eigenvalue weighted by molar-refractivity contribution is 9.10.